The molecule has 0 bridgehead atoms. The molecule has 27 heavy (non-hydrogen) atoms. The number of hydrogen-bond donors (Lipinski definition) is 3. The Bertz CT molecular complexity index is 929. The maximum absolute atomic E-state index is 12.4. The van der Waals surface area contributed by atoms with E-state index >= 15 is 0 Å². The number of hydrazone groups is 1. The van der Waals surface area contributed by atoms with Crippen molar-refractivity contribution >= 4 is 29.1 Å². The third-order valence-corrected chi connectivity index (χ3v) is 5.05. The van der Waals surface area contributed by atoms with Gasteiger partial charge in [-0.15, -0.1) is 11.3 Å². The summed E-state index contributed by atoms with van der Waals surface area (Å²) in [5, 5.41) is 22.9. The Balaban J connectivity index is 1.69. The molecule has 2 aromatic heterocycles. The summed E-state index contributed by atoms with van der Waals surface area (Å²) in [5.74, 6) is -0.261. The minimum atomic E-state index is -0.373. The number of carbonyl (C=O) groups is 1. The van der Waals surface area contributed by atoms with Crippen LogP contribution in [0.5, 0.6) is 5.75 Å². The average molecular weight is 383 g/mol. The number of aromatic nitrogens is 2. The number of anilines is 1. The van der Waals surface area contributed by atoms with E-state index in [2.05, 4.69) is 39.5 Å². The number of H-pyrrole nitrogens is 1. The molecule has 1 aromatic carbocycles. The molecule has 140 valence electrons. The van der Waals surface area contributed by atoms with Gasteiger partial charge >= 0.3 is 0 Å². The Labute approximate surface area is 161 Å². The van der Waals surface area contributed by atoms with Gasteiger partial charge in [-0.05, 0) is 37.4 Å². The molecule has 0 aliphatic rings. The fourth-order valence-corrected chi connectivity index (χ4v) is 3.45. The standard InChI is InChI=1S/C19H21N5O2S/c1-3-24(4-2)14-8-7-13(16(25)10-14)11-20-23-19(26)15-12-21-22-18(15)17-6-5-9-27-17/h5-12,25H,3-4H2,1-2H3,(H,21,22)(H,23,26). The van der Waals surface area contributed by atoms with E-state index in [-0.39, 0.29) is 11.7 Å². The van der Waals surface area contributed by atoms with Crippen LogP contribution in [0.1, 0.15) is 29.8 Å². The second-order valence-corrected chi connectivity index (χ2v) is 6.70. The summed E-state index contributed by atoms with van der Waals surface area (Å²) in [6.45, 7) is 5.84. The van der Waals surface area contributed by atoms with Gasteiger partial charge in [-0.2, -0.15) is 10.2 Å². The van der Waals surface area contributed by atoms with Crippen molar-refractivity contribution in [2.75, 3.05) is 18.0 Å². The van der Waals surface area contributed by atoms with Crippen LogP contribution < -0.4 is 10.3 Å². The van der Waals surface area contributed by atoms with E-state index in [0.29, 0.717) is 16.8 Å². The first kappa shape index (κ1) is 18.7. The highest BCUT2D eigenvalue weighted by atomic mass is 32.1. The molecular weight excluding hydrogens is 362 g/mol. The lowest BCUT2D eigenvalue weighted by atomic mass is 10.2. The van der Waals surface area contributed by atoms with Crippen molar-refractivity contribution < 1.29 is 9.90 Å². The van der Waals surface area contributed by atoms with Gasteiger partial charge in [-0.3, -0.25) is 9.89 Å². The number of amides is 1. The Morgan fingerprint density at radius 1 is 1.37 bits per heavy atom. The summed E-state index contributed by atoms with van der Waals surface area (Å²) >= 11 is 1.52. The Kier molecular flexibility index (Phi) is 5.87. The number of hydrogen-bond acceptors (Lipinski definition) is 6. The molecule has 0 aliphatic heterocycles. The largest absolute Gasteiger partial charge is 0.507 e. The van der Waals surface area contributed by atoms with Gasteiger partial charge in [-0.1, -0.05) is 6.07 Å². The minimum Gasteiger partial charge on any atom is -0.507 e. The quantitative estimate of drug-likeness (QED) is 0.430. The second-order valence-electron chi connectivity index (χ2n) is 5.75. The third kappa shape index (κ3) is 4.17. The number of phenolic OH excluding ortho intramolecular Hbond substituents is 1. The average Bonchev–Trinajstić information content (AvgIpc) is 3.35. The van der Waals surface area contributed by atoms with Crippen LogP contribution >= 0.6 is 11.3 Å². The highest BCUT2D eigenvalue weighted by Gasteiger charge is 2.15. The van der Waals surface area contributed by atoms with Gasteiger partial charge in [-0.25, -0.2) is 5.43 Å². The van der Waals surface area contributed by atoms with Crippen LogP contribution in [0, 0.1) is 0 Å². The number of nitrogens with one attached hydrogen (secondary N) is 2. The van der Waals surface area contributed by atoms with E-state index in [4.69, 9.17) is 0 Å². The fourth-order valence-electron chi connectivity index (χ4n) is 2.71. The van der Waals surface area contributed by atoms with Gasteiger partial charge in [0.15, 0.2) is 0 Å². The number of carbonyl (C=O) groups excluding carboxylic acids is 1. The van der Waals surface area contributed by atoms with E-state index < -0.39 is 0 Å². The zero-order valence-electron chi connectivity index (χ0n) is 15.1. The molecule has 0 atom stereocenters. The first-order valence-corrected chi connectivity index (χ1v) is 9.50. The van der Waals surface area contributed by atoms with E-state index in [1.54, 1.807) is 12.1 Å². The van der Waals surface area contributed by atoms with E-state index in [1.807, 2.05) is 23.6 Å². The smallest absolute Gasteiger partial charge is 0.275 e. The van der Waals surface area contributed by atoms with Crippen molar-refractivity contribution in [3.05, 3.63) is 53.0 Å². The SMILES string of the molecule is CCN(CC)c1ccc(C=NNC(=O)c2cn[nH]c2-c2cccs2)c(O)c1. The molecule has 7 nitrogen and oxygen atoms in total. The Hall–Kier alpha value is -3.13. The van der Waals surface area contributed by atoms with Crippen molar-refractivity contribution in [3.8, 4) is 16.3 Å². The topological polar surface area (TPSA) is 93.6 Å². The molecule has 3 rings (SSSR count). The molecule has 0 aliphatic carbocycles. The molecular formula is C19H21N5O2S. The second kappa shape index (κ2) is 8.50. The zero-order valence-corrected chi connectivity index (χ0v) is 16.0. The molecule has 0 spiro atoms. The number of thiophene rings is 1. The van der Waals surface area contributed by atoms with Gasteiger partial charge < -0.3 is 10.0 Å². The molecule has 3 aromatic rings. The van der Waals surface area contributed by atoms with Crippen molar-refractivity contribution in [2.24, 2.45) is 5.10 Å². The molecule has 0 unspecified atom stereocenters. The predicted octanol–water partition coefficient (Wildman–Crippen LogP) is 3.45. The van der Waals surface area contributed by atoms with Crippen LogP contribution in [0.2, 0.25) is 0 Å². The predicted molar refractivity (Wildman–Crippen MR) is 109 cm³/mol. The highest BCUT2D eigenvalue weighted by Crippen LogP contribution is 2.26. The van der Waals surface area contributed by atoms with Crippen LogP contribution in [0.25, 0.3) is 10.6 Å². The first-order chi connectivity index (χ1) is 13.1. The summed E-state index contributed by atoms with van der Waals surface area (Å²) in [6.07, 6.45) is 2.89. The van der Waals surface area contributed by atoms with Crippen molar-refractivity contribution in [1.82, 2.24) is 15.6 Å². The molecule has 1 amide bonds. The number of benzene rings is 1. The highest BCUT2D eigenvalue weighted by molar-refractivity contribution is 7.13. The van der Waals surface area contributed by atoms with Gasteiger partial charge in [0.05, 0.1) is 28.5 Å². The summed E-state index contributed by atoms with van der Waals surface area (Å²) in [7, 11) is 0. The van der Waals surface area contributed by atoms with E-state index in [0.717, 1.165) is 23.7 Å². The van der Waals surface area contributed by atoms with Gasteiger partial charge in [0, 0.05) is 30.4 Å². The molecule has 0 radical (unpaired) electrons. The summed E-state index contributed by atoms with van der Waals surface area (Å²) in [4.78, 5) is 15.4. The molecule has 3 N–H and O–H groups in total. The summed E-state index contributed by atoms with van der Waals surface area (Å²) < 4.78 is 0. The van der Waals surface area contributed by atoms with Crippen molar-refractivity contribution in [1.29, 1.82) is 0 Å². The fraction of sp³-hybridized carbons (Fsp3) is 0.211. The molecule has 0 fully saturated rings. The van der Waals surface area contributed by atoms with E-state index in [9.17, 15) is 9.90 Å². The lowest BCUT2D eigenvalue weighted by Gasteiger charge is -2.21. The van der Waals surface area contributed by atoms with Crippen LogP contribution in [0.15, 0.2) is 47.0 Å². The van der Waals surface area contributed by atoms with Gasteiger partial charge in [0.2, 0.25) is 0 Å². The minimum absolute atomic E-state index is 0.111. The molecule has 8 heteroatoms. The number of aromatic hydroxyl groups is 1. The van der Waals surface area contributed by atoms with Gasteiger partial charge in [0.25, 0.3) is 5.91 Å². The maximum atomic E-state index is 12.4. The molecule has 2 heterocycles. The number of nitrogens with zero attached hydrogens (tertiary/aromatic N) is 3. The molecule has 0 saturated carbocycles. The van der Waals surface area contributed by atoms with Crippen LogP contribution in [0.4, 0.5) is 5.69 Å². The van der Waals surface area contributed by atoms with E-state index in [1.165, 1.54) is 23.7 Å². The first-order valence-electron chi connectivity index (χ1n) is 8.62. The summed E-state index contributed by atoms with van der Waals surface area (Å²) in [5.41, 5.74) is 5.01. The summed E-state index contributed by atoms with van der Waals surface area (Å²) in [6, 6.07) is 9.20. The lowest BCUT2D eigenvalue weighted by Crippen LogP contribution is -2.21. The van der Waals surface area contributed by atoms with Crippen LogP contribution in [-0.2, 0) is 0 Å². The van der Waals surface area contributed by atoms with Crippen LogP contribution in [0.3, 0.4) is 0 Å². The molecule has 0 saturated heterocycles. The maximum Gasteiger partial charge on any atom is 0.275 e. The number of rotatable bonds is 7. The Morgan fingerprint density at radius 2 is 2.19 bits per heavy atom. The van der Waals surface area contributed by atoms with Crippen LogP contribution in [-0.4, -0.2) is 40.5 Å². The van der Waals surface area contributed by atoms with Crippen molar-refractivity contribution in [2.45, 2.75) is 13.8 Å². The third-order valence-electron chi connectivity index (χ3n) is 4.16. The van der Waals surface area contributed by atoms with Gasteiger partial charge in [0.1, 0.15) is 5.75 Å². The number of aromatic amines is 1. The normalized spacial score (nSPS) is 11.0. The number of phenols is 1. The monoisotopic (exact) mass is 383 g/mol. The van der Waals surface area contributed by atoms with Crippen molar-refractivity contribution in [3.63, 3.8) is 0 Å². The zero-order chi connectivity index (χ0) is 19.2. The Morgan fingerprint density at radius 3 is 2.85 bits per heavy atom. The lowest BCUT2D eigenvalue weighted by molar-refractivity contribution is 0.0956.